The van der Waals surface area contributed by atoms with Gasteiger partial charge in [0.05, 0.1) is 18.0 Å². The van der Waals surface area contributed by atoms with E-state index >= 15 is 0 Å². The number of ether oxygens (including phenoxy) is 1. The molecule has 0 atom stereocenters. The average Bonchev–Trinajstić information content (AvgIpc) is 3.24. The number of hydrogen-bond donors (Lipinski definition) is 1. The van der Waals surface area contributed by atoms with Crippen molar-refractivity contribution in [2.24, 2.45) is 0 Å². The van der Waals surface area contributed by atoms with Crippen LogP contribution < -0.4 is 4.74 Å². The second-order valence-electron chi connectivity index (χ2n) is 7.07. The number of aromatic nitrogens is 2. The summed E-state index contributed by atoms with van der Waals surface area (Å²) in [5.74, 6) is 1.99. The maximum Gasteiger partial charge on any atom is 0.166 e. The largest absolute Gasteiger partial charge is 0.494 e. The van der Waals surface area contributed by atoms with Gasteiger partial charge in [-0.25, -0.2) is 4.98 Å². The zero-order chi connectivity index (χ0) is 20.4. The van der Waals surface area contributed by atoms with Gasteiger partial charge in [-0.2, -0.15) is 0 Å². The fourth-order valence-corrected chi connectivity index (χ4v) is 4.17. The molecule has 0 radical (unpaired) electrons. The molecule has 4 heteroatoms. The number of unbranched alkanes of at least 4 members (excludes halogenated alkanes) is 2. The van der Waals surface area contributed by atoms with Gasteiger partial charge in [-0.15, -0.1) is 0 Å². The summed E-state index contributed by atoms with van der Waals surface area (Å²) in [6.07, 6.45) is 3.36. The number of benzene rings is 3. The van der Waals surface area contributed by atoms with Gasteiger partial charge in [-0.05, 0) is 31.4 Å². The highest BCUT2D eigenvalue weighted by molar-refractivity contribution is 7.99. The standard InChI is InChI=1S/C26H26N2OS/c1-5-13-21(14-6-1)24-25(22-15-7-2-8-16-22)28-26(27-24)30-20-12-4-11-19-29-23-17-9-3-10-18-23/h1-3,5-10,13-18H,4,11-12,19-20H2,(H,27,28). The molecular weight excluding hydrogens is 388 g/mol. The summed E-state index contributed by atoms with van der Waals surface area (Å²) in [7, 11) is 0. The van der Waals surface area contributed by atoms with Crippen molar-refractivity contribution < 1.29 is 4.74 Å². The number of H-pyrrole nitrogens is 1. The molecule has 152 valence electrons. The SMILES string of the molecule is c1ccc(OCCCCCSc2nc(-c3ccccc3)c(-c3ccccc3)[nH]2)cc1. The minimum absolute atomic E-state index is 0.770. The van der Waals surface area contributed by atoms with Crippen LogP contribution in [-0.4, -0.2) is 22.3 Å². The molecule has 0 aliphatic rings. The Bertz CT molecular complexity index is 960. The van der Waals surface area contributed by atoms with Crippen LogP contribution in [0.1, 0.15) is 19.3 Å². The predicted molar refractivity (Wildman–Crippen MR) is 126 cm³/mol. The fourth-order valence-electron chi connectivity index (χ4n) is 3.29. The lowest BCUT2D eigenvalue weighted by molar-refractivity contribution is 0.306. The van der Waals surface area contributed by atoms with E-state index < -0.39 is 0 Å². The van der Waals surface area contributed by atoms with Gasteiger partial charge in [0, 0.05) is 16.9 Å². The molecule has 30 heavy (non-hydrogen) atoms. The first kappa shape index (κ1) is 20.3. The molecule has 0 aliphatic carbocycles. The van der Waals surface area contributed by atoms with Gasteiger partial charge in [-0.1, -0.05) is 90.6 Å². The van der Waals surface area contributed by atoms with E-state index in [1.807, 2.05) is 42.5 Å². The molecule has 1 heterocycles. The lowest BCUT2D eigenvalue weighted by Gasteiger charge is -2.05. The summed E-state index contributed by atoms with van der Waals surface area (Å²) in [6, 6.07) is 30.8. The normalized spacial score (nSPS) is 10.8. The van der Waals surface area contributed by atoms with Crippen LogP contribution >= 0.6 is 11.8 Å². The van der Waals surface area contributed by atoms with Crippen molar-refractivity contribution in [2.75, 3.05) is 12.4 Å². The van der Waals surface area contributed by atoms with E-state index in [-0.39, 0.29) is 0 Å². The highest BCUT2D eigenvalue weighted by Gasteiger charge is 2.14. The molecule has 4 aromatic rings. The Morgan fingerprint density at radius 3 is 2.03 bits per heavy atom. The van der Waals surface area contributed by atoms with Crippen molar-refractivity contribution in [1.82, 2.24) is 9.97 Å². The first-order valence-electron chi connectivity index (χ1n) is 10.4. The van der Waals surface area contributed by atoms with E-state index in [9.17, 15) is 0 Å². The monoisotopic (exact) mass is 414 g/mol. The Labute approximate surface area is 182 Å². The molecule has 0 aliphatic heterocycles. The topological polar surface area (TPSA) is 37.9 Å². The lowest BCUT2D eigenvalue weighted by Crippen LogP contribution is -1.97. The number of imidazole rings is 1. The highest BCUT2D eigenvalue weighted by Crippen LogP contribution is 2.32. The predicted octanol–water partition coefficient (Wildman–Crippen LogP) is 7.09. The summed E-state index contributed by atoms with van der Waals surface area (Å²) in [4.78, 5) is 8.46. The van der Waals surface area contributed by atoms with Crippen LogP contribution in [0.4, 0.5) is 0 Å². The van der Waals surface area contributed by atoms with Crippen molar-refractivity contribution >= 4 is 11.8 Å². The summed E-state index contributed by atoms with van der Waals surface area (Å²) in [5.41, 5.74) is 4.40. The van der Waals surface area contributed by atoms with Crippen LogP contribution in [0.15, 0.2) is 96.2 Å². The third-order valence-corrected chi connectivity index (χ3v) is 5.79. The molecule has 0 bridgehead atoms. The van der Waals surface area contributed by atoms with Gasteiger partial charge in [0.1, 0.15) is 5.75 Å². The van der Waals surface area contributed by atoms with Gasteiger partial charge in [0.2, 0.25) is 0 Å². The Morgan fingerprint density at radius 1 is 0.700 bits per heavy atom. The van der Waals surface area contributed by atoms with E-state index in [1.165, 1.54) is 0 Å². The molecule has 0 amide bonds. The summed E-state index contributed by atoms with van der Waals surface area (Å²) in [6.45, 7) is 0.770. The van der Waals surface area contributed by atoms with Crippen LogP contribution in [0.25, 0.3) is 22.5 Å². The van der Waals surface area contributed by atoms with Crippen LogP contribution in [0.3, 0.4) is 0 Å². The Hall–Kier alpha value is -2.98. The minimum atomic E-state index is 0.770. The van der Waals surface area contributed by atoms with Gasteiger partial charge in [0.25, 0.3) is 0 Å². The van der Waals surface area contributed by atoms with E-state index in [0.717, 1.165) is 65.0 Å². The van der Waals surface area contributed by atoms with E-state index in [0.29, 0.717) is 0 Å². The Kier molecular flexibility index (Phi) is 7.24. The van der Waals surface area contributed by atoms with Gasteiger partial charge < -0.3 is 9.72 Å². The third-order valence-electron chi connectivity index (χ3n) is 4.83. The zero-order valence-electron chi connectivity index (χ0n) is 17.0. The van der Waals surface area contributed by atoms with Crippen LogP contribution in [0, 0.1) is 0 Å². The maximum absolute atomic E-state index is 5.76. The molecule has 0 saturated heterocycles. The molecule has 4 rings (SSSR count). The van der Waals surface area contributed by atoms with Crippen LogP contribution in [0.2, 0.25) is 0 Å². The zero-order valence-corrected chi connectivity index (χ0v) is 17.8. The molecule has 0 spiro atoms. The first-order valence-corrected chi connectivity index (χ1v) is 11.4. The van der Waals surface area contributed by atoms with Crippen molar-refractivity contribution in [3.8, 4) is 28.3 Å². The van der Waals surface area contributed by atoms with Crippen molar-refractivity contribution in [3.63, 3.8) is 0 Å². The second-order valence-corrected chi connectivity index (χ2v) is 8.15. The third kappa shape index (κ3) is 5.55. The summed E-state index contributed by atoms with van der Waals surface area (Å²) in [5, 5.41) is 0.980. The van der Waals surface area contributed by atoms with Crippen molar-refractivity contribution in [1.29, 1.82) is 0 Å². The molecular formula is C26H26N2OS. The van der Waals surface area contributed by atoms with E-state index in [4.69, 9.17) is 9.72 Å². The number of nitrogens with one attached hydrogen (secondary N) is 1. The molecule has 0 saturated carbocycles. The van der Waals surface area contributed by atoms with Crippen molar-refractivity contribution in [3.05, 3.63) is 91.0 Å². The maximum atomic E-state index is 5.76. The van der Waals surface area contributed by atoms with Gasteiger partial charge >= 0.3 is 0 Å². The Morgan fingerprint density at radius 2 is 1.33 bits per heavy atom. The molecule has 1 aromatic heterocycles. The quantitative estimate of drug-likeness (QED) is 0.222. The first-order chi connectivity index (χ1) is 14.9. The lowest BCUT2D eigenvalue weighted by atomic mass is 10.1. The number of para-hydroxylation sites is 1. The molecule has 1 N–H and O–H groups in total. The molecule has 3 aromatic carbocycles. The smallest absolute Gasteiger partial charge is 0.166 e. The number of thioether (sulfide) groups is 1. The minimum Gasteiger partial charge on any atom is -0.494 e. The van der Waals surface area contributed by atoms with Gasteiger partial charge in [0.15, 0.2) is 5.16 Å². The van der Waals surface area contributed by atoms with Crippen molar-refractivity contribution in [2.45, 2.75) is 24.4 Å². The van der Waals surface area contributed by atoms with E-state index in [1.54, 1.807) is 11.8 Å². The number of nitrogens with zero attached hydrogens (tertiary/aromatic N) is 1. The van der Waals surface area contributed by atoms with E-state index in [2.05, 4.69) is 53.5 Å². The van der Waals surface area contributed by atoms with Gasteiger partial charge in [-0.3, -0.25) is 0 Å². The number of rotatable bonds is 10. The molecule has 0 unspecified atom stereocenters. The van der Waals surface area contributed by atoms with Crippen LogP contribution in [0.5, 0.6) is 5.75 Å². The molecule has 3 nitrogen and oxygen atoms in total. The highest BCUT2D eigenvalue weighted by atomic mass is 32.2. The second kappa shape index (κ2) is 10.7. The molecule has 0 fully saturated rings. The number of hydrogen-bond acceptors (Lipinski definition) is 3. The number of aromatic amines is 1. The fraction of sp³-hybridized carbons (Fsp3) is 0.192. The summed E-state index contributed by atoms with van der Waals surface area (Å²) < 4.78 is 5.76. The van der Waals surface area contributed by atoms with Crippen LogP contribution in [-0.2, 0) is 0 Å². The summed E-state index contributed by atoms with van der Waals surface area (Å²) >= 11 is 1.79. The average molecular weight is 415 g/mol. The Balaban J connectivity index is 1.31.